The molecule has 0 spiro atoms. The molecule has 1 unspecified atom stereocenters. The number of amides is 4. The van der Waals surface area contributed by atoms with Gasteiger partial charge in [-0.15, -0.1) is 4.99 Å². The number of carbonyl (C=O) groups excluding carboxylic acids is 4. The molecule has 13 nitrogen and oxygen atoms in total. The fourth-order valence-corrected chi connectivity index (χ4v) is 4.70. The monoisotopic (exact) mass is 622 g/mol. The van der Waals surface area contributed by atoms with Crippen molar-refractivity contribution in [2.24, 2.45) is 4.99 Å². The van der Waals surface area contributed by atoms with Crippen LogP contribution in [0.25, 0.3) is 21.8 Å². The number of aromatic nitrogens is 2. The molecule has 1 saturated heterocycles. The third-order valence-electron chi connectivity index (χ3n) is 6.39. The van der Waals surface area contributed by atoms with E-state index in [0.29, 0.717) is 0 Å². The highest BCUT2D eigenvalue weighted by atomic mass is 16.6. The summed E-state index contributed by atoms with van der Waals surface area (Å²) in [6.45, 7) is 15.3. The lowest BCUT2D eigenvalue weighted by molar-refractivity contribution is 0.0330. The Morgan fingerprint density at radius 1 is 0.889 bits per heavy atom. The largest absolute Gasteiger partial charge is 0.443 e. The topological polar surface area (TPSA) is 156 Å². The Labute approximate surface area is 262 Å². The lowest BCUT2D eigenvalue weighted by Gasteiger charge is -2.28. The van der Waals surface area contributed by atoms with E-state index >= 15 is 0 Å². The summed E-state index contributed by atoms with van der Waals surface area (Å²) >= 11 is 0. The number of benzene rings is 1. The van der Waals surface area contributed by atoms with Gasteiger partial charge in [0.25, 0.3) is 5.91 Å². The SMILES string of the molecule is CC(C)(C)OC(=O)/N=C1\N(C(=O)OC(C)(C)C)CC(CCNC(=O)c2cc3c(cn2)[nH]c2ccccc23)N1C(=O)OC(C)(C)C. The first-order valence-corrected chi connectivity index (χ1v) is 14.8. The number of rotatable bonds is 4. The molecule has 3 aromatic rings. The number of aliphatic imine (C=N–C) groups is 1. The van der Waals surface area contributed by atoms with Crippen molar-refractivity contribution in [1.29, 1.82) is 0 Å². The third-order valence-corrected chi connectivity index (χ3v) is 6.39. The number of pyridine rings is 1. The van der Waals surface area contributed by atoms with Gasteiger partial charge >= 0.3 is 18.3 Å². The number of hydrogen-bond donors (Lipinski definition) is 2. The van der Waals surface area contributed by atoms with E-state index < -0.39 is 47.0 Å². The van der Waals surface area contributed by atoms with Gasteiger partial charge in [-0.25, -0.2) is 29.2 Å². The van der Waals surface area contributed by atoms with Crippen molar-refractivity contribution in [1.82, 2.24) is 25.1 Å². The molecule has 0 bridgehead atoms. The van der Waals surface area contributed by atoms with Gasteiger partial charge in [0, 0.05) is 22.8 Å². The number of nitrogens with one attached hydrogen (secondary N) is 2. The van der Waals surface area contributed by atoms with Crippen LogP contribution in [-0.2, 0) is 14.2 Å². The minimum absolute atomic E-state index is 0.0643. The minimum atomic E-state index is -0.993. The Morgan fingerprint density at radius 2 is 1.51 bits per heavy atom. The molecule has 1 aliphatic rings. The van der Waals surface area contributed by atoms with Gasteiger partial charge in [-0.2, -0.15) is 0 Å². The molecule has 1 atom stereocenters. The summed E-state index contributed by atoms with van der Waals surface area (Å²) in [5.74, 6) is -0.689. The molecule has 2 aromatic heterocycles. The van der Waals surface area contributed by atoms with E-state index in [1.54, 1.807) is 74.6 Å². The zero-order valence-corrected chi connectivity index (χ0v) is 27.3. The smallest absolute Gasteiger partial charge is 0.437 e. The van der Waals surface area contributed by atoms with E-state index in [-0.39, 0.29) is 31.2 Å². The number of para-hydroxylation sites is 1. The van der Waals surface area contributed by atoms with Gasteiger partial charge in [0.05, 0.1) is 24.3 Å². The zero-order chi connectivity index (χ0) is 33.3. The molecule has 1 fully saturated rings. The molecule has 242 valence electrons. The number of nitrogens with zero attached hydrogens (tertiary/aromatic N) is 4. The maximum Gasteiger partial charge on any atom is 0.437 e. The molecule has 0 aliphatic carbocycles. The number of hydrogen-bond acceptors (Lipinski definition) is 8. The summed E-state index contributed by atoms with van der Waals surface area (Å²) < 4.78 is 16.6. The van der Waals surface area contributed by atoms with Crippen molar-refractivity contribution in [2.75, 3.05) is 13.1 Å². The molecule has 4 rings (SSSR count). The molecule has 2 N–H and O–H groups in total. The second-order valence-corrected chi connectivity index (χ2v) is 13.8. The van der Waals surface area contributed by atoms with E-state index in [1.165, 1.54) is 0 Å². The highest BCUT2D eigenvalue weighted by Gasteiger charge is 2.46. The van der Waals surface area contributed by atoms with E-state index in [4.69, 9.17) is 14.2 Å². The van der Waals surface area contributed by atoms with E-state index in [0.717, 1.165) is 31.6 Å². The van der Waals surface area contributed by atoms with Gasteiger partial charge in [-0.1, -0.05) is 18.2 Å². The molecular formula is C32H42N6O7. The predicted molar refractivity (Wildman–Crippen MR) is 169 cm³/mol. The molecule has 0 radical (unpaired) electrons. The standard InChI is InChI=1S/C32H42N6O7/c1-30(2,3)43-27(40)36-26-37(28(41)44-31(4,5)6)18-19(38(26)29(42)45-32(7,8)9)14-15-33-25(39)23-16-21-20-12-10-11-13-22(20)35-24(21)17-34-23/h10-13,16-17,19,35H,14-15,18H2,1-9H3,(H,33,39)/b36-26+. The van der Waals surface area contributed by atoms with Crippen LogP contribution in [-0.4, -0.2) is 85.8 Å². The van der Waals surface area contributed by atoms with E-state index in [2.05, 4.69) is 20.3 Å². The number of H-pyrrole nitrogens is 1. The summed E-state index contributed by atoms with van der Waals surface area (Å²) in [5, 5.41) is 4.69. The zero-order valence-electron chi connectivity index (χ0n) is 27.3. The second kappa shape index (κ2) is 12.4. The van der Waals surface area contributed by atoms with Gasteiger partial charge in [-0.05, 0) is 80.9 Å². The van der Waals surface area contributed by atoms with Crippen LogP contribution in [0.2, 0.25) is 0 Å². The average molecular weight is 623 g/mol. The summed E-state index contributed by atoms with van der Waals surface area (Å²) in [7, 11) is 0. The maximum atomic E-state index is 13.5. The summed E-state index contributed by atoms with van der Waals surface area (Å²) in [6.07, 6.45) is -0.816. The highest BCUT2D eigenvalue weighted by molar-refractivity contribution is 6.09. The van der Waals surface area contributed by atoms with E-state index in [1.807, 2.05) is 24.3 Å². The molecule has 4 amide bonds. The molecule has 45 heavy (non-hydrogen) atoms. The van der Waals surface area contributed by atoms with Crippen molar-refractivity contribution in [3.8, 4) is 0 Å². The Bertz CT molecular complexity index is 1640. The van der Waals surface area contributed by atoms with Crippen LogP contribution in [0, 0.1) is 0 Å². The van der Waals surface area contributed by atoms with Crippen LogP contribution in [0.4, 0.5) is 14.4 Å². The number of aromatic amines is 1. The van der Waals surface area contributed by atoms with Crippen LogP contribution in [0.3, 0.4) is 0 Å². The first kappa shape index (κ1) is 33.2. The van der Waals surface area contributed by atoms with Gasteiger partial charge in [0.15, 0.2) is 0 Å². The Kier molecular flexibility index (Phi) is 9.13. The first-order valence-electron chi connectivity index (χ1n) is 14.8. The van der Waals surface area contributed by atoms with E-state index in [9.17, 15) is 19.2 Å². The van der Waals surface area contributed by atoms with Crippen LogP contribution < -0.4 is 5.32 Å². The molecular weight excluding hydrogens is 580 g/mol. The second-order valence-electron chi connectivity index (χ2n) is 13.8. The fraction of sp³-hybridized carbons (Fsp3) is 0.500. The lowest BCUT2D eigenvalue weighted by Crippen LogP contribution is -2.46. The first-order chi connectivity index (χ1) is 20.8. The van der Waals surface area contributed by atoms with Crippen molar-refractivity contribution < 1.29 is 33.4 Å². The fourth-order valence-electron chi connectivity index (χ4n) is 4.70. The van der Waals surface area contributed by atoms with Crippen LogP contribution in [0.15, 0.2) is 41.5 Å². The van der Waals surface area contributed by atoms with Gasteiger partial charge in [-0.3, -0.25) is 4.79 Å². The summed E-state index contributed by atoms with van der Waals surface area (Å²) in [6, 6.07) is 8.77. The summed E-state index contributed by atoms with van der Waals surface area (Å²) in [4.78, 5) is 66.6. The number of ether oxygens (including phenoxy) is 3. The highest BCUT2D eigenvalue weighted by Crippen LogP contribution is 2.27. The van der Waals surface area contributed by atoms with Crippen molar-refractivity contribution >= 4 is 52.0 Å². The normalized spacial score (nSPS) is 16.7. The minimum Gasteiger partial charge on any atom is -0.443 e. The van der Waals surface area contributed by atoms with Gasteiger partial charge < -0.3 is 24.5 Å². The van der Waals surface area contributed by atoms with Crippen molar-refractivity contribution in [3.05, 3.63) is 42.2 Å². The predicted octanol–water partition coefficient (Wildman–Crippen LogP) is 5.98. The number of fused-ring (bicyclic) bond motifs is 3. The van der Waals surface area contributed by atoms with Crippen LogP contribution in [0.5, 0.6) is 0 Å². The van der Waals surface area contributed by atoms with Gasteiger partial charge in [0.1, 0.15) is 22.5 Å². The molecule has 1 aromatic carbocycles. The maximum absolute atomic E-state index is 13.5. The molecule has 3 heterocycles. The molecule has 1 aliphatic heterocycles. The Hall–Kier alpha value is -4.68. The van der Waals surface area contributed by atoms with Crippen molar-refractivity contribution in [3.63, 3.8) is 0 Å². The Morgan fingerprint density at radius 3 is 2.16 bits per heavy atom. The average Bonchev–Trinajstić information content (AvgIpc) is 3.43. The Balaban J connectivity index is 1.59. The lowest BCUT2D eigenvalue weighted by atomic mass is 10.1. The summed E-state index contributed by atoms with van der Waals surface area (Å²) in [5.41, 5.74) is -0.653. The van der Waals surface area contributed by atoms with Gasteiger partial charge in [0.2, 0.25) is 5.96 Å². The number of guanidine groups is 1. The third kappa shape index (κ3) is 8.49. The van der Waals surface area contributed by atoms with Crippen LogP contribution >= 0.6 is 0 Å². The number of carbonyl (C=O) groups is 4. The van der Waals surface area contributed by atoms with Crippen LogP contribution in [0.1, 0.15) is 79.2 Å². The molecule has 0 saturated carbocycles. The molecule has 13 heteroatoms. The van der Waals surface area contributed by atoms with Crippen molar-refractivity contribution in [2.45, 2.75) is 91.6 Å². The quantitative estimate of drug-likeness (QED) is 0.337.